The van der Waals surface area contributed by atoms with Gasteiger partial charge >= 0.3 is 13.3 Å². The average Bonchev–Trinajstić information content (AvgIpc) is 3.16. The van der Waals surface area contributed by atoms with Crippen LogP contribution >= 0.6 is 0 Å². The molecule has 2 aromatic rings. The molecule has 0 amide bonds. The van der Waals surface area contributed by atoms with Gasteiger partial charge in [0.05, 0.1) is 17.7 Å². The van der Waals surface area contributed by atoms with Crippen molar-refractivity contribution in [2.75, 3.05) is 0 Å². The first-order chi connectivity index (χ1) is 13.1. The van der Waals surface area contributed by atoms with Crippen LogP contribution in [0.1, 0.15) is 37.0 Å². The standard InChI is InChI=1S/C19H16BF4NO3/c1-17(2)13-8-12(15(21)9-14(13)20(26)27-17)16-10-18(28-25-16,19(22,23)24)11-6-4-3-5-7-11/h3-9,26H,10H2,1-2H3. The highest BCUT2D eigenvalue weighted by atomic mass is 19.4. The lowest BCUT2D eigenvalue weighted by molar-refractivity contribution is -0.275. The summed E-state index contributed by atoms with van der Waals surface area (Å²) in [6.07, 6.45) is -5.43. The lowest BCUT2D eigenvalue weighted by Crippen LogP contribution is -2.42. The lowest BCUT2D eigenvalue weighted by Gasteiger charge is -2.29. The van der Waals surface area contributed by atoms with Crippen molar-refractivity contribution in [3.05, 3.63) is 65.0 Å². The first-order valence-corrected chi connectivity index (χ1v) is 8.63. The van der Waals surface area contributed by atoms with Crippen LogP contribution in [0.15, 0.2) is 47.6 Å². The van der Waals surface area contributed by atoms with E-state index in [9.17, 15) is 22.6 Å². The van der Waals surface area contributed by atoms with E-state index >= 15 is 0 Å². The maximum absolute atomic E-state index is 14.7. The topological polar surface area (TPSA) is 51.0 Å². The van der Waals surface area contributed by atoms with E-state index in [-0.39, 0.29) is 22.3 Å². The quantitative estimate of drug-likeness (QED) is 0.629. The zero-order valence-electron chi connectivity index (χ0n) is 15.0. The minimum atomic E-state index is -4.76. The summed E-state index contributed by atoms with van der Waals surface area (Å²) in [6.45, 7) is 3.36. The van der Waals surface area contributed by atoms with Gasteiger partial charge in [-0.1, -0.05) is 35.5 Å². The molecular weight excluding hydrogens is 377 g/mol. The Hall–Kier alpha value is -2.39. The second-order valence-corrected chi connectivity index (χ2v) is 7.40. The summed E-state index contributed by atoms with van der Waals surface area (Å²) in [5, 5.41) is 13.6. The number of benzene rings is 2. The molecule has 2 heterocycles. The molecule has 2 aliphatic rings. The van der Waals surface area contributed by atoms with Crippen molar-refractivity contribution in [1.29, 1.82) is 0 Å². The molecule has 0 aliphatic carbocycles. The molecule has 1 N–H and O–H groups in total. The maximum atomic E-state index is 14.7. The Bertz CT molecular complexity index is 962. The van der Waals surface area contributed by atoms with Crippen molar-refractivity contribution >= 4 is 18.3 Å². The van der Waals surface area contributed by atoms with E-state index in [0.717, 1.165) is 6.07 Å². The van der Waals surface area contributed by atoms with E-state index in [4.69, 9.17) is 9.49 Å². The van der Waals surface area contributed by atoms with Crippen LogP contribution in [0.2, 0.25) is 0 Å². The predicted molar refractivity (Wildman–Crippen MR) is 94.5 cm³/mol. The van der Waals surface area contributed by atoms with Gasteiger partial charge in [0.25, 0.3) is 5.60 Å². The van der Waals surface area contributed by atoms with Crippen LogP contribution in [0.3, 0.4) is 0 Å². The third kappa shape index (κ3) is 2.72. The smallest absolute Gasteiger partial charge is 0.423 e. The van der Waals surface area contributed by atoms with E-state index in [0.29, 0.717) is 5.56 Å². The highest BCUT2D eigenvalue weighted by Gasteiger charge is 2.62. The fourth-order valence-electron chi connectivity index (χ4n) is 3.70. The number of hydrogen-bond acceptors (Lipinski definition) is 4. The molecule has 2 aromatic carbocycles. The Balaban J connectivity index is 1.77. The van der Waals surface area contributed by atoms with Crippen LogP contribution in [0.5, 0.6) is 0 Å². The number of oxime groups is 1. The predicted octanol–water partition coefficient (Wildman–Crippen LogP) is 3.36. The van der Waals surface area contributed by atoms with Gasteiger partial charge in [-0.15, -0.1) is 0 Å². The van der Waals surface area contributed by atoms with Crippen LogP contribution in [0, 0.1) is 5.82 Å². The van der Waals surface area contributed by atoms with Crippen molar-refractivity contribution < 1.29 is 32.1 Å². The Labute approximate surface area is 158 Å². The van der Waals surface area contributed by atoms with Crippen LogP contribution < -0.4 is 5.46 Å². The summed E-state index contributed by atoms with van der Waals surface area (Å²) >= 11 is 0. The van der Waals surface area contributed by atoms with Crippen LogP contribution in [0.4, 0.5) is 17.6 Å². The van der Waals surface area contributed by atoms with Crippen molar-refractivity contribution in [2.45, 2.75) is 37.6 Å². The SMILES string of the molecule is CC1(C)OB(O)c2cc(F)c(C3=NOC(c4ccccc4)(C(F)(F)F)C3)cc21. The normalized spacial score (nSPS) is 23.4. The molecule has 4 rings (SSSR count). The molecule has 0 spiro atoms. The maximum Gasteiger partial charge on any atom is 0.492 e. The van der Waals surface area contributed by atoms with Gasteiger partial charge in [0.2, 0.25) is 0 Å². The Morgan fingerprint density at radius 1 is 1.14 bits per heavy atom. The highest BCUT2D eigenvalue weighted by molar-refractivity contribution is 6.62. The first-order valence-electron chi connectivity index (χ1n) is 8.63. The van der Waals surface area contributed by atoms with Gasteiger partial charge in [0.15, 0.2) is 0 Å². The number of hydrogen-bond donors (Lipinski definition) is 1. The summed E-state index contributed by atoms with van der Waals surface area (Å²) in [7, 11) is -1.30. The van der Waals surface area contributed by atoms with Crippen molar-refractivity contribution in [1.82, 2.24) is 0 Å². The summed E-state index contributed by atoms with van der Waals surface area (Å²) in [5.41, 5.74) is -3.23. The molecule has 28 heavy (non-hydrogen) atoms. The fourth-order valence-corrected chi connectivity index (χ4v) is 3.70. The van der Waals surface area contributed by atoms with E-state index in [1.54, 1.807) is 19.9 Å². The third-order valence-corrected chi connectivity index (χ3v) is 5.20. The number of alkyl halides is 3. The van der Waals surface area contributed by atoms with Crippen molar-refractivity contribution in [3.63, 3.8) is 0 Å². The molecule has 9 heteroatoms. The average molecular weight is 393 g/mol. The van der Waals surface area contributed by atoms with Gasteiger partial charge < -0.3 is 14.5 Å². The molecular formula is C19H16BF4NO3. The fraction of sp³-hybridized carbons (Fsp3) is 0.316. The molecule has 146 valence electrons. The molecule has 0 saturated carbocycles. The zero-order chi connectivity index (χ0) is 20.3. The third-order valence-electron chi connectivity index (χ3n) is 5.20. The summed E-state index contributed by atoms with van der Waals surface area (Å²) in [4.78, 5) is 4.92. The number of rotatable bonds is 2. The first kappa shape index (κ1) is 19.0. The summed E-state index contributed by atoms with van der Waals surface area (Å²) in [5.74, 6) is -0.799. The molecule has 0 aromatic heterocycles. The Morgan fingerprint density at radius 2 is 1.82 bits per heavy atom. The highest BCUT2D eigenvalue weighted by Crippen LogP contribution is 2.49. The molecule has 1 atom stereocenters. The second-order valence-electron chi connectivity index (χ2n) is 7.40. The van der Waals surface area contributed by atoms with Gasteiger partial charge in [-0.3, -0.25) is 0 Å². The van der Waals surface area contributed by atoms with Crippen LogP contribution in [-0.4, -0.2) is 24.0 Å². The molecule has 0 saturated heterocycles. The van der Waals surface area contributed by atoms with Gasteiger partial charge in [-0.25, -0.2) is 4.39 Å². The molecule has 0 bridgehead atoms. The molecule has 1 unspecified atom stereocenters. The largest absolute Gasteiger partial charge is 0.492 e. The van der Waals surface area contributed by atoms with Crippen molar-refractivity contribution in [2.24, 2.45) is 5.16 Å². The van der Waals surface area contributed by atoms with Crippen LogP contribution in [0.25, 0.3) is 0 Å². The van der Waals surface area contributed by atoms with Gasteiger partial charge in [0, 0.05) is 11.1 Å². The Morgan fingerprint density at radius 3 is 2.46 bits per heavy atom. The number of fused-ring (bicyclic) bond motifs is 1. The monoisotopic (exact) mass is 393 g/mol. The van der Waals surface area contributed by atoms with Gasteiger partial charge in [0.1, 0.15) is 5.82 Å². The number of halogens is 4. The van der Waals surface area contributed by atoms with E-state index in [1.807, 2.05) is 0 Å². The molecule has 0 radical (unpaired) electrons. The van der Waals surface area contributed by atoms with Crippen LogP contribution in [-0.2, 0) is 20.7 Å². The summed E-state index contributed by atoms with van der Waals surface area (Å²) < 4.78 is 61.9. The molecule has 2 aliphatic heterocycles. The van der Waals surface area contributed by atoms with E-state index in [2.05, 4.69) is 5.16 Å². The molecule has 0 fully saturated rings. The van der Waals surface area contributed by atoms with Gasteiger partial charge in [-0.2, -0.15) is 13.2 Å². The molecule has 4 nitrogen and oxygen atoms in total. The summed E-state index contributed by atoms with van der Waals surface area (Å²) in [6, 6.07) is 9.60. The number of nitrogens with zero attached hydrogens (tertiary/aromatic N) is 1. The van der Waals surface area contributed by atoms with E-state index in [1.165, 1.54) is 30.3 Å². The minimum absolute atomic E-state index is 0.105. The van der Waals surface area contributed by atoms with Gasteiger partial charge in [-0.05, 0) is 37.0 Å². The minimum Gasteiger partial charge on any atom is -0.423 e. The van der Waals surface area contributed by atoms with Crippen molar-refractivity contribution in [3.8, 4) is 0 Å². The van der Waals surface area contributed by atoms with E-state index < -0.39 is 36.7 Å². The Kier molecular flexibility index (Phi) is 4.10. The second kappa shape index (κ2) is 6.05. The lowest BCUT2D eigenvalue weighted by atomic mass is 9.77. The zero-order valence-corrected chi connectivity index (χ0v) is 15.0.